The topological polar surface area (TPSA) is 98.5 Å². The van der Waals surface area contributed by atoms with Crippen LogP contribution in [0, 0.1) is 0 Å². The third-order valence-corrected chi connectivity index (χ3v) is 4.22. The fraction of sp³-hybridized carbons (Fsp3) is 0.167. The van der Waals surface area contributed by atoms with Crippen molar-refractivity contribution in [3.05, 3.63) is 69.2 Å². The molecule has 0 bridgehead atoms. The van der Waals surface area contributed by atoms with E-state index in [-0.39, 0.29) is 17.5 Å². The lowest BCUT2D eigenvalue weighted by Gasteiger charge is -2.16. The molecular formula is C18H16Cl2N2O4. The third-order valence-electron chi connectivity index (χ3n) is 3.63. The highest BCUT2D eigenvalue weighted by Crippen LogP contribution is 2.22. The molecule has 0 aliphatic carbocycles. The zero-order valence-electron chi connectivity index (χ0n) is 13.8. The van der Waals surface area contributed by atoms with E-state index in [1.54, 1.807) is 12.1 Å². The number of carbonyl (C=O) groups is 3. The Hall–Kier alpha value is -2.57. The van der Waals surface area contributed by atoms with Gasteiger partial charge in [-0.2, -0.15) is 0 Å². The second-order valence-corrected chi connectivity index (χ2v) is 6.28. The van der Waals surface area contributed by atoms with Crippen LogP contribution in [0.25, 0.3) is 0 Å². The number of ether oxygens (including phenoxy) is 1. The van der Waals surface area contributed by atoms with Gasteiger partial charge in [-0.3, -0.25) is 9.59 Å². The Labute approximate surface area is 160 Å². The van der Waals surface area contributed by atoms with Crippen molar-refractivity contribution >= 4 is 41.0 Å². The molecule has 2 aromatic rings. The first kappa shape index (κ1) is 19.8. The van der Waals surface area contributed by atoms with E-state index in [1.807, 2.05) is 0 Å². The first-order valence-electron chi connectivity index (χ1n) is 7.54. The summed E-state index contributed by atoms with van der Waals surface area (Å²) >= 11 is 12.0. The van der Waals surface area contributed by atoms with Crippen molar-refractivity contribution < 1.29 is 19.1 Å². The van der Waals surface area contributed by atoms with Crippen LogP contribution in [-0.2, 0) is 16.0 Å². The first-order valence-corrected chi connectivity index (χ1v) is 8.30. The van der Waals surface area contributed by atoms with E-state index in [0.29, 0.717) is 15.6 Å². The summed E-state index contributed by atoms with van der Waals surface area (Å²) in [6, 6.07) is 9.77. The predicted octanol–water partition coefficient (Wildman–Crippen LogP) is 2.61. The Bertz CT molecular complexity index is 855. The quantitative estimate of drug-likeness (QED) is 0.735. The van der Waals surface area contributed by atoms with Gasteiger partial charge in [-0.1, -0.05) is 35.3 Å². The van der Waals surface area contributed by atoms with Gasteiger partial charge in [0.1, 0.15) is 6.04 Å². The highest BCUT2D eigenvalue weighted by Gasteiger charge is 2.21. The lowest BCUT2D eigenvalue weighted by Crippen LogP contribution is -2.45. The van der Waals surface area contributed by atoms with Crippen LogP contribution in [0.2, 0.25) is 10.0 Å². The number of esters is 1. The molecule has 0 aliphatic heterocycles. The van der Waals surface area contributed by atoms with Crippen LogP contribution in [0.4, 0.5) is 0 Å². The lowest BCUT2D eigenvalue weighted by molar-refractivity contribution is -0.119. The van der Waals surface area contributed by atoms with Crippen molar-refractivity contribution in [1.29, 1.82) is 0 Å². The zero-order valence-corrected chi connectivity index (χ0v) is 15.3. The monoisotopic (exact) mass is 394 g/mol. The Balaban J connectivity index is 2.18. The van der Waals surface area contributed by atoms with Crippen LogP contribution in [0.5, 0.6) is 0 Å². The highest BCUT2D eigenvalue weighted by atomic mass is 35.5. The Morgan fingerprint density at radius 1 is 1.12 bits per heavy atom. The number of hydrogen-bond acceptors (Lipinski definition) is 4. The molecular weight excluding hydrogens is 379 g/mol. The van der Waals surface area contributed by atoms with Gasteiger partial charge in [0.25, 0.3) is 5.91 Å². The molecule has 2 rings (SSSR count). The molecule has 0 heterocycles. The second kappa shape index (κ2) is 8.69. The molecule has 136 valence electrons. The van der Waals surface area contributed by atoms with Crippen LogP contribution in [0.15, 0.2) is 42.5 Å². The molecule has 3 N–H and O–H groups in total. The van der Waals surface area contributed by atoms with Crippen LogP contribution in [-0.4, -0.2) is 30.9 Å². The van der Waals surface area contributed by atoms with Crippen molar-refractivity contribution in [3.63, 3.8) is 0 Å². The summed E-state index contributed by atoms with van der Waals surface area (Å²) in [6.07, 6.45) is 0.105. The number of hydrogen-bond donors (Lipinski definition) is 2. The van der Waals surface area contributed by atoms with E-state index in [0.717, 1.165) is 0 Å². The predicted molar refractivity (Wildman–Crippen MR) is 98.4 cm³/mol. The molecule has 0 radical (unpaired) electrons. The SMILES string of the molecule is COC(=O)c1cccc(C(=O)N[C@@H](Cc2ccc(Cl)cc2Cl)C(N)=O)c1. The number of nitrogens with one attached hydrogen (secondary N) is 1. The normalized spacial score (nSPS) is 11.5. The van der Waals surface area contributed by atoms with Crippen LogP contribution < -0.4 is 11.1 Å². The Morgan fingerprint density at radius 3 is 2.42 bits per heavy atom. The van der Waals surface area contributed by atoms with E-state index in [9.17, 15) is 14.4 Å². The summed E-state index contributed by atoms with van der Waals surface area (Å²) in [7, 11) is 1.24. The molecule has 0 aliphatic rings. The average Bonchev–Trinajstić information content (AvgIpc) is 2.62. The standard InChI is InChI=1S/C18H16Cl2N2O4/c1-26-18(25)12-4-2-3-11(7-12)17(24)22-15(16(21)23)8-10-5-6-13(19)9-14(10)20/h2-7,9,15H,8H2,1H3,(H2,21,23)(H,22,24)/t15-/m0/s1. The van der Waals surface area contributed by atoms with Crippen molar-refractivity contribution in [1.82, 2.24) is 5.32 Å². The van der Waals surface area contributed by atoms with Gasteiger partial charge in [0, 0.05) is 22.0 Å². The minimum Gasteiger partial charge on any atom is -0.465 e. The maximum absolute atomic E-state index is 12.4. The molecule has 8 heteroatoms. The number of nitrogens with two attached hydrogens (primary N) is 1. The van der Waals surface area contributed by atoms with Crippen molar-refractivity contribution in [2.24, 2.45) is 5.73 Å². The third kappa shape index (κ3) is 4.97. The fourth-order valence-electron chi connectivity index (χ4n) is 2.28. The molecule has 1 atom stereocenters. The second-order valence-electron chi connectivity index (χ2n) is 5.44. The van der Waals surface area contributed by atoms with E-state index in [1.165, 1.54) is 37.4 Å². The fourth-order valence-corrected chi connectivity index (χ4v) is 2.76. The van der Waals surface area contributed by atoms with Gasteiger partial charge in [-0.05, 0) is 35.9 Å². The molecule has 0 fully saturated rings. The zero-order chi connectivity index (χ0) is 19.3. The van der Waals surface area contributed by atoms with Crippen LogP contribution in [0.3, 0.4) is 0 Å². The molecule has 2 aromatic carbocycles. The van der Waals surface area contributed by atoms with Gasteiger partial charge in [0.2, 0.25) is 5.91 Å². The van der Waals surface area contributed by atoms with Crippen LogP contribution in [0.1, 0.15) is 26.3 Å². The lowest BCUT2D eigenvalue weighted by atomic mass is 10.0. The smallest absolute Gasteiger partial charge is 0.337 e. The minimum absolute atomic E-state index is 0.105. The molecule has 0 unspecified atom stereocenters. The van der Waals surface area contributed by atoms with Crippen molar-refractivity contribution in [2.45, 2.75) is 12.5 Å². The summed E-state index contributed by atoms with van der Waals surface area (Å²) in [5.41, 5.74) is 6.42. The molecule has 0 saturated carbocycles. The summed E-state index contributed by atoms with van der Waals surface area (Å²) in [5.74, 6) is -1.84. The molecule has 0 spiro atoms. The number of benzene rings is 2. The van der Waals surface area contributed by atoms with Gasteiger partial charge in [-0.15, -0.1) is 0 Å². The van der Waals surface area contributed by atoms with Gasteiger partial charge >= 0.3 is 5.97 Å². The van der Waals surface area contributed by atoms with Crippen molar-refractivity contribution in [3.8, 4) is 0 Å². The summed E-state index contributed by atoms with van der Waals surface area (Å²) in [6.45, 7) is 0. The highest BCUT2D eigenvalue weighted by molar-refractivity contribution is 6.35. The molecule has 0 aromatic heterocycles. The van der Waals surface area contributed by atoms with Gasteiger partial charge in [0.15, 0.2) is 0 Å². The van der Waals surface area contributed by atoms with E-state index >= 15 is 0 Å². The summed E-state index contributed by atoms with van der Waals surface area (Å²) < 4.78 is 4.62. The number of amides is 2. The molecule has 6 nitrogen and oxygen atoms in total. The minimum atomic E-state index is -0.983. The molecule has 0 saturated heterocycles. The molecule has 26 heavy (non-hydrogen) atoms. The number of halogens is 2. The number of rotatable bonds is 6. The van der Waals surface area contributed by atoms with Crippen molar-refractivity contribution in [2.75, 3.05) is 7.11 Å². The van der Waals surface area contributed by atoms with E-state index in [4.69, 9.17) is 28.9 Å². The largest absolute Gasteiger partial charge is 0.465 e. The number of primary amides is 1. The summed E-state index contributed by atoms with van der Waals surface area (Å²) in [5, 5.41) is 3.37. The van der Waals surface area contributed by atoms with E-state index < -0.39 is 23.8 Å². The average molecular weight is 395 g/mol. The number of methoxy groups -OCH3 is 1. The Morgan fingerprint density at radius 2 is 1.81 bits per heavy atom. The Kier molecular flexibility index (Phi) is 6.60. The number of carbonyl (C=O) groups excluding carboxylic acids is 3. The maximum Gasteiger partial charge on any atom is 0.337 e. The van der Waals surface area contributed by atoms with Gasteiger partial charge in [0.05, 0.1) is 12.7 Å². The van der Waals surface area contributed by atoms with Gasteiger partial charge in [-0.25, -0.2) is 4.79 Å². The summed E-state index contributed by atoms with van der Waals surface area (Å²) in [4.78, 5) is 35.7. The first-order chi connectivity index (χ1) is 12.3. The molecule has 2 amide bonds. The van der Waals surface area contributed by atoms with E-state index in [2.05, 4.69) is 10.1 Å². The maximum atomic E-state index is 12.4. The van der Waals surface area contributed by atoms with Gasteiger partial charge < -0.3 is 15.8 Å². The van der Waals surface area contributed by atoms with Crippen LogP contribution >= 0.6 is 23.2 Å².